The van der Waals surface area contributed by atoms with E-state index in [0.29, 0.717) is 18.2 Å². The SMILES string of the molecule is Cl.O=C(CCC1CCNC1)N1CCSCC1c1ccccc1. The Balaban J connectivity index is 0.00000176. The average Bonchev–Trinajstić information content (AvgIpc) is 3.07. The summed E-state index contributed by atoms with van der Waals surface area (Å²) in [5.74, 6) is 3.14. The van der Waals surface area contributed by atoms with E-state index in [0.717, 1.165) is 37.6 Å². The Hall–Kier alpha value is -0.710. The molecule has 2 saturated heterocycles. The van der Waals surface area contributed by atoms with E-state index in [1.807, 2.05) is 17.8 Å². The van der Waals surface area contributed by atoms with Gasteiger partial charge in [-0.3, -0.25) is 4.79 Å². The number of carbonyl (C=O) groups is 1. The molecule has 3 nitrogen and oxygen atoms in total. The van der Waals surface area contributed by atoms with Crippen molar-refractivity contribution in [3.63, 3.8) is 0 Å². The molecule has 0 aliphatic carbocycles. The molecular weight excluding hydrogens is 316 g/mol. The lowest BCUT2D eigenvalue weighted by atomic mass is 10.0. The van der Waals surface area contributed by atoms with E-state index in [9.17, 15) is 4.79 Å². The maximum absolute atomic E-state index is 12.6. The van der Waals surface area contributed by atoms with Gasteiger partial charge in [0.25, 0.3) is 0 Å². The van der Waals surface area contributed by atoms with Crippen molar-refractivity contribution in [1.29, 1.82) is 0 Å². The van der Waals surface area contributed by atoms with E-state index in [2.05, 4.69) is 34.5 Å². The molecule has 0 saturated carbocycles. The summed E-state index contributed by atoms with van der Waals surface area (Å²) in [6.07, 6.45) is 2.97. The number of carbonyl (C=O) groups excluding carboxylic acids is 1. The van der Waals surface area contributed by atoms with Gasteiger partial charge in [-0.05, 0) is 37.4 Å². The lowest BCUT2D eigenvalue weighted by Gasteiger charge is -2.36. The summed E-state index contributed by atoms with van der Waals surface area (Å²) in [7, 11) is 0. The van der Waals surface area contributed by atoms with Crippen LogP contribution in [0.15, 0.2) is 30.3 Å². The van der Waals surface area contributed by atoms with Crippen LogP contribution in [0.4, 0.5) is 0 Å². The zero-order chi connectivity index (χ0) is 14.5. The van der Waals surface area contributed by atoms with Crippen LogP contribution in [0.2, 0.25) is 0 Å². The van der Waals surface area contributed by atoms with E-state index >= 15 is 0 Å². The van der Waals surface area contributed by atoms with Gasteiger partial charge in [0.2, 0.25) is 5.91 Å². The van der Waals surface area contributed by atoms with Crippen molar-refractivity contribution in [2.45, 2.75) is 25.3 Å². The van der Waals surface area contributed by atoms with Crippen molar-refractivity contribution >= 4 is 30.1 Å². The van der Waals surface area contributed by atoms with Crippen molar-refractivity contribution < 1.29 is 4.79 Å². The van der Waals surface area contributed by atoms with Crippen LogP contribution in [0.3, 0.4) is 0 Å². The van der Waals surface area contributed by atoms with Gasteiger partial charge >= 0.3 is 0 Å². The first-order chi connectivity index (χ1) is 10.3. The molecule has 1 N–H and O–H groups in total. The molecule has 2 heterocycles. The molecule has 2 aliphatic heterocycles. The second kappa shape index (κ2) is 8.80. The van der Waals surface area contributed by atoms with E-state index in [1.54, 1.807) is 0 Å². The van der Waals surface area contributed by atoms with Crippen molar-refractivity contribution in [3.8, 4) is 0 Å². The van der Waals surface area contributed by atoms with Crippen molar-refractivity contribution in [2.75, 3.05) is 31.1 Å². The van der Waals surface area contributed by atoms with Crippen LogP contribution in [0.25, 0.3) is 0 Å². The van der Waals surface area contributed by atoms with Crippen LogP contribution < -0.4 is 5.32 Å². The Morgan fingerprint density at radius 3 is 2.86 bits per heavy atom. The third-order valence-corrected chi connectivity index (χ3v) is 5.58. The van der Waals surface area contributed by atoms with E-state index in [-0.39, 0.29) is 18.4 Å². The van der Waals surface area contributed by atoms with E-state index in [1.165, 1.54) is 12.0 Å². The maximum Gasteiger partial charge on any atom is 0.223 e. The predicted molar refractivity (Wildman–Crippen MR) is 95.7 cm³/mol. The number of amides is 1. The quantitative estimate of drug-likeness (QED) is 0.914. The molecule has 2 unspecified atom stereocenters. The van der Waals surface area contributed by atoms with Gasteiger partial charge in [-0.15, -0.1) is 12.4 Å². The molecule has 1 aromatic carbocycles. The van der Waals surface area contributed by atoms with Gasteiger partial charge in [-0.25, -0.2) is 0 Å². The first kappa shape index (κ1) is 17.6. The minimum absolute atomic E-state index is 0. The fourth-order valence-corrected chi connectivity index (χ4v) is 4.37. The van der Waals surface area contributed by atoms with Gasteiger partial charge in [0.05, 0.1) is 6.04 Å². The summed E-state index contributed by atoms with van der Waals surface area (Å²) in [5.41, 5.74) is 1.28. The number of nitrogens with zero attached hydrogens (tertiary/aromatic N) is 1. The average molecular weight is 341 g/mol. The highest BCUT2D eigenvalue weighted by molar-refractivity contribution is 7.99. The fourth-order valence-electron chi connectivity index (χ4n) is 3.29. The normalized spacial score (nSPS) is 24.8. The summed E-state index contributed by atoms with van der Waals surface area (Å²) in [5, 5.41) is 3.38. The van der Waals surface area contributed by atoms with Crippen LogP contribution in [0.5, 0.6) is 0 Å². The highest BCUT2D eigenvalue weighted by Crippen LogP contribution is 2.30. The third kappa shape index (κ3) is 4.40. The Labute approximate surface area is 143 Å². The smallest absolute Gasteiger partial charge is 0.223 e. The lowest BCUT2D eigenvalue weighted by Crippen LogP contribution is -2.40. The van der Waals surface area contributed by atoms with Crippen molar-refractivity contribution in [3.05, 3.63) is 35.9 Å². The topological polar surface area (TPSA) is 32.3 Å². The lowest BCUT2D eigenvalue weighted by molar-refractivity contribution is -0.133. The molecule has 1 amide bonds. The molecule has 3 rings (SSSR count). The number of hydrogen-bond donors (Lipinski definition) is 1. The molecule has 2 aliphatic rings. The molecule has 0 spiro atoms. The molecule has 0 radical (unpaired) electrons. The number of benzene rings is 1. The Morgan fingerprint density at radius 1 is 1.32 bits per heavy atom. The summed E-state index contributed by atoms with van der Waals surface area (Å²) < 4.78 is 0. The zero-order valence-electron chi connectivity index (χ0n) is 12.9. The molecule has 122 valence electrons. The summed E-state index contributed by atoms with van der Waals surface area (Å²) in [6, 6.07) is 10.7. The van der Waals surface area contributed by atoms with Crippen LogP contribution in [-0.2, 0) is 4.79 Å². The molecule has 0 aromatic heterocycles. The number of hydrogen-bond acceptors (Lipinski definition) is 3. The number of nitrogens with one attached hydrogen (secondary N) is 1. The molecule has 1 aromatic rings. The zero-order valence-corrected chi connectivity index (χ0v) is 14.5. The highest BCUT2D eigenvalue weighted by Gasteiger charge is 2.28. The minimum atomic E-state index is 0. The van der Waals surface area contributed by atoms with E-state index < -0.39 is 0 Å². The number of rotatable bonds is 4. The molecule has 22 heavy (non-hydrogen) atoms. The largest absolute Gasteiger partial charge is 0.334 e. The van der Waals surface area contributed by atoms with Gasteiger partial charge in [-0.1, -0.05) is 30.3 Å². The maximum atomic E-state index is 12.6. The first-order valence-corrected chi connectivity index (χ1v) is 9.13. The minimum Gasteiger partial charge on any atom is -0.334 e. The van der Waals surface area contributed by atoms with Crippen LogP contribution >= 0.6 is 24.2 Å². The van der Waals surface area contributed by atoms with Crippen molar-refractivity contribution in [1.82, 2.24) is 10.2 Å². The second-order valence-corrected chi connectivity index (χ2v) is 7.14. The van der Waals surface area contributed by atoms with Gasteiger partial charge in [-0.2, -0.15) is 11.8 Å². The van der Waals surface area contributed by atoms with E-state index in [4.69, 9.17) is 0 Å². The summed E-state index contributed by atoms with van der Waals surface area (Å²) >= 11 is 1.96. The Kier molecular flexibility index (Phi) is 7.06. The van der Waals surface area contributed by atoms with Crippen LogP contribution in [0, 0.1) is 5.92 Å². The predicted octanol–water partition coefficient (Wildman–Crippen LogP) is 3.11. The van der Waals surface area contributed by atoms with Crippen LogP contribution in [-0.4, -0.2) is 41.9 Å². The molecule has 2 atom stereocenters. The second-order valence-electron chi connectivity index (χ2n) is 5.99. The summed E-state index contributed by atoms with van der Waals surface area (Å²) in [4.78, 5) is 14.8. The first-order valence-electron chi connectivity index (χ1n) is 7.97. The van der Waals surface area contributed by atoms with Gasteiger partial charge in [0, 0.05) is 24.5 Å². The monoisotopic (exact) mass is 340 g/mol. The highest BCUT2D eigenvalue weighted by atomic mass is 35.5. The molecule has 0 bridgehead atoms. The van der Waals surface area contributed by atoms with Gasteiger partial charge in [0.15, 0.2) is 0 Å². The molecule has 2 fully saturated rings. The third-order valence-electron chi connectivity index (χ3n) is 4.56. The number of halogens is 1. The number of thioether (sulfide) groups is 1. The van der Waals surface area contributed by atoms with Gasteiger partial charge in [0.1, 0.15) is 0 Å². The van der Waals surface area contributed by atoms with Crippen LogP contribution in [0.1, 0.15) is 30.9 Å². The van der Waals surface area contributed by atoms with Crippen molar-refractivity contribution in [2.24, 2.45) is 5.92 Å². The standard InChI is InChI=1S/C17H24N2OS.ClH/c20-17(7-6-14-8-9-18-12-14)19-10-11-21-13-16(19)15-4-2-1-3-5-15;/h1-5,14,16,18H,6-13H2;1H. The van der Waals surface area contributed by atoms with Gasteiger partial charge < -0.3 is 10.2 Å². The fraction of sp³-hybridized carbons (Fsp3) is 0.588. The Bertz CT molecular complexity index is 465. The summed E-state index contributed by atoms with van der Waals surface area (Å²) in [6.45, 7) is 3.10. The molecular formula is C17H25ClN2OS. The molecule has 5 heteroatoms. The Morgan fingerprint density at radius 2 is 2.14 bits per heavy atom.